The molecule has 0 fully saturated rings. The summed E-state index contributed by atoms with van der Waals surface area (Å²) in [5.74, 6) is 0.139. The lowest BCUT2D eigenvalue weighted by molar-refractivity contribution is -0.121. The molecular formula is C22H24N4OS. The Morgan fingerprint density at radius 1 is 1.00 bits per heavy atom. The zero-order valence-corrected chi connectivity index (χ0v) is 16.6. The molecule has 144 valence electrons. The fraction of sp³-hybridized carbons (Fsp3) is 0.318. The summed E-state index contributed by atoms with van der Waals surface area (Å²) >= 11 is 1.75. The van der Waals surface area contributed by atoms with Crippen molar-refractivity contribution in [2.24, 2.45) is 0 Å². The van der Waals surface area contributed by atoms with Gasteiger partial charge < -0.3 is 9.88 Å². The number of fused-ring (bicyclic) bond motifs is 2. The van der Waals surface area contributed by atoms with Crippen molar-refractivity contribution in [2.75, 3.05) is 6.54 Å². The first-order valence-corrected chi connectivity index (χ1v) is 10.6. The van der Waals surface area contributed by atoms with Gasteiger partial charge in [0.1, 0.15) is 0 Å². The van der Waals surface area contributed by atoms with Gasteiger partial charge in [-0.2, -0.15) is 0 Å². The van der Waals surface area contributed by atoms with Crippen LogP contribution < -0.4 is 5.32 Å². The summed E-state index contributed by atoms with van der Waals surface area (Å²) in [6, 6.07) is 16.3. The van der Waals surface area contributed by atoms with Gasteiger partial charge in [0.05, 0.1) is 32.6 Å². The van der Waals surface area contributed by atoms with E-state index in [1.54, 1.807) is 11.3 Å². The fourth-order valence-corrected chi connectivity index (χ4v) is 4.35. The first-order chi connectivity index (χ1) is 13.8. The summed E-state index contributed by atoms with van der Waals surface area (Å²) in [5.41, 5.74) is 3.23. The molecule has 1 amide bonds. The number of aromatic nitrogens is 3. The van der Waals surface area contributed by atoms with Crippen LogP contribution in [0.3, 0.4) is 0 Å². The summed E-state index contributed by atoms with van der Waals surface area (Å²) < 4.78 is 3.38. The number of imidazole rings is 1. The molecule has 1 N–H and O–H groups in total. The van der Waals surface area contributed by atoms with Crippen LogP contribution in [0.4, 0.5) is 0 Å². The van der Waals surface area contributed by atoms with Gasteiger partial charge in [-0.1, -0.05) is 24.3 Å². The Morgan fingerprint density at radius 3 is 2.71 bits per heavy atom. The minimum atomic E-state index is 0.139. The van der Waals surface area contributed by atoms with Gasteiger partial charge in [-0.05, 0) is 49.9 Å². The first kappa shape index (κ1) is 18.6. The Hall–Kier alpha value is -2.73. The molecule has 5 nitrogen and oxygen atoms in total. The number of rotatable bonds is 9. The molecule has 0 aliphatic heterocycles. The summed E-state index contributed by atoms with van der Waals surface area (Å²) in [6.07, 6.45) is 6.19. The number of thiazole rings is 1. The first-order valence-electron chi connectivity index (χ1n) is 9.80. The van der Waals surface area contributed by atoms with E-state index in [-0.39, 0.29) is 5.91 Å². The lowest BCUT2D eigenvalue weighted by atomic mass is 10.2. The monoisotopic (exact) mass is 392 g/mol. The zero-order chi connectivity index (χ0) is 19.2. The Bertz CT molecular complexity index is 1040. The van der Waals surface area contributed by atoms with E-state index in [9.17, 15) is 4.79 Å². The third-order valence-corrected chi connectivity index (χ3v) is 5.90. The van der Waals surface area contributed by atoms with E-state index < -0.39 is 0 Å². The van der Waals surface area contributed by atoms with Crippen molar-refractivity contribution >= 4 is 38.5 Å². The number of carbonyl (C=O) groups is 1. The number of hydrogen-bond donors (Lipinski definition) is 1. The molecular weight excluding hydrogens is 368 g/mol. The van der Waals surface area contributed by atoms with Crippen molar-refractivity contribution in [1.82, 2.24) is 19.9 Å². The number of nitrogens with zero attached hydrogens (tertiary/aromatic N) is 3. The van der Waals surface area contributed by atoms with E-state index in [0.29, 0.717) is 13.0 Å². The van der Waals surface area contributed by atoms with Gasteiger partial charge in [-0.25, -0.2) is 9.97 Å². The van der Waals surface area contributed by atoms with Crippen LogP contribution in [0.15, 0.2) is 54.9 Å². The predicted octanol–water partition coefficient (Wildman–Crippen LogP) is 4.57. The molecule has 0 atom stereocenters. The molecule has 28 heavy (non-hydrogen) atoms. The SMILES string of the molecule is O=C(CCCCc1nc2ccccc2s1)NCCCn1cnc2ccccc21. The second-order valence-electron chi connectivity index (χ2n) is 6.91. The summed E-state index contributed by atoms with van der Waals surface area (Å²) in [6.45, 7) is 1.56. The molecule has 0 saturated heterocycles. The summed E-state index contributed by atoms with van der Waals surface area (Å²) in [7, 11) is 0. The number of carbonyl (C=O) groups excluding carboxylic acids is 1. The Kier molecular flexibility index (Phi) is 5.97. The topological polar surface area (TPSA) is 59.8 Å². The van der Waals surface area contributed by atoms with Crippen molar-refractivity contribution < 1.29 is 4.79 Å². The van der Waals surface area contributed by atoms with E-state index in [1.165, 1.54) is 4.70 Å². The number of para-hydroxylation sites is 3. The van der Waals surface area contributed by atoms with Gasteiger partial charge in [0.2, 0.25) is 5.91 Å². The lowest BCUT2D eigenvalue weighted by Crippen LogP contribution is -2.24. The molecule has 0 aliphatic rings. The Balaban J connectivity index is 1.12. The maximum Gasteiger partial charge on any atom is 0.219 e. The average Bonchev–Trinajstić information content (AvgIpc) is 3.32. The molecule has 0 bridgehead atoms. The van der Waals surface area contributed by atoms with Crippen molar-refractivity contribution in [2.45, 2.75) is 38.6 Å². The van der Waals surface area contributed by atoms with Crippen molar-refractivity contribution in [1.29, 1.82) is 0 Å². The molecule has 6 heteroatoms. The molecule has 2 aromatic carbocycles. The smallest absolute Gasteiger partial charge is 0.219 e. The normalized spacial score (nSPS) is 11.3. The van der Waals surface area contributed by atoms with E-state index in [2.05, 4.69) is 38.1 Å². The number of hydrogen-bond acceptors (Lipinski definition) is 4. The fourth-order valence-electron chi connectivity index (χ4n) is 3.34. The molecule has 0 spiro atoms. The van der Waals surface area contributed by atoms with Gasteiger partial charge in [0.25, 0.3) is 0 Å². The van der Waals surface area contributed by atoms with Crippen molar-refractivity contribution in [3.05, 3.63) is 59.9 Å². The highest BCUT2D eigenvalue weighted by Gasteiger charge is 2.05. The minimum absolute atomic E-state index is 0.139. The van der Waals surface area contributed by atoms with Gasteiger partial charge >= 0.3 is 0 Å². The third-order valence-electron chi connectivity index (χ3n) is 4.81. The highest BCUT2D eigenvalue weighted by Crippen LogP contribution is 2.22. The number of nitrogens with one attached hydrogen (secondary N) is 1. The van der Waals surface area contributed by atoms with Crippen LogP contribution in [-0.4, -0.2) is 27.0 Å². The molecule has 2 aromatic heterocycles. The predicted molar refractivity (Wildman–Crippen MR) is 115 cm³/mol. The molecule has 4 aromatic rings. The zero-order valence-electron chi connectivity index (χ0n) is 15.8. The van der Waals surface area contributed by atoms with Crippen LogP contribution >= 0.6 is 11.3 Å². The van der Waals surface area contributed by atoms with Gasteiger partial charge in [0, 0.05) is 19.5 Å². The van der Waals surface area contributed by atoms with Crippen LogP contribution in [0.5, 0.6) is 0 Å². The molecule has 0 aliphatic carbocycles. The van der Waals surface area contributed by atoms with E-state index in [1.807, 2.05) is 36.7 Å². The van der Waals surface area contributed by atoms with Gasteiger partial charge in [-0.15, -0.1) is 11.3 Å². The number of benzene rings is 2. The van der Waals surface area contributed by atoms with Gasteiger partial charge in [-0.3, -0.25) is 4.79 Å². The summed E-state index contributed by atoms with van der Waals surface area (Å²) in [4.78, 5) is 21.1. The minimum Gasteiger partial charge on any atom is -0.356 e. The summed E-state index contributed by atoms with van der Waals surface area (Å²) in [5, 5.41) is 4.19. The molecule has 0 saturated carbocycles. The number of aryl methyl sites for hydroxylation is 2. The second-order valence-corrected chi connectivity index (χ2v) is 8.03. The van der Waals surface area contributed by atoms with Crippen LogP contribution in [0.2, 0.25) is 0 Å². The average molecular weight is 393 g/mol. The van der Waals surface area contributed by atoms with Gasteiger partial charge in [0.15, 0.2) is 0 Å². The maximum absolute atomic E-state index is 12.0. The van der Waals surface area contributed by atoms with Crippen LogP contribution in [0.25, 0.3) is 21.3 Å². The van der Waals surface area contributed by atoms with Crippen molar-refractivity contribution in [3.63, 3.8) is 0 Å². The van der Waals surface area contributed by atoms with E-state index in [0.717, 1.165) is 53.8 Å². The van der Waals surface area contributed by atoms with E-state index in [4.69, 9.17) is 0 Å². The number of unbranched alkanes of at least 4 members (excludes halogenated alkanes) is 1. The van der Waals surface area contributed by atoms with E-state index >= 15 is 0 Å². The molecule has 0 radical (unpaired) electrons. The highest BCUT2D eigenvalue weighted by atomic mass is 32.1. The molecule has 4 rings (SSSR count). The lowest BCUT2D eigenvalue weighted by Gasteiger charge is -2.06. The van der Waals surface area contributed by atoms with Crippen LogP contribution in [0.1, 0.15) is 30.7 Å². The standard InChI is InChI=1S/C22H24N4OS/c27-21(12-5-6-13-22-25-18-9-2-4-11-20(18)28-22)23-14-7-15-26-16-24-17-8-1-3-10-19(17)26/h1-4,8-11,16H,5-7,12-15H2,(H,23,27). The van der Waals surface area contributed by atoms with Crippen LogP contribution in [-0.2, 0) is 17.8 Å². The third kappa shape index (κ3) is 4.57. The van der Waals surface area contributed by atoms with Crippen molar-refractivity contribution in [3.8, 4) is 0 Å². The molecule has 0 unspecified atom stereocenters. The Labute approximate surface area is 168 Å². The maximum atomic E-state index is 12.0. The van der Waals surface area contributed by atoms with Crippen LogP contribution in [0, 0.1) is 0 Å². The molecule has 2 heterocycles. The Morgan fingerprint density at radius 2 is 1.82 bits per heavy atom. The second kappa shape index (κ2) is 8.97. The number of amides is 1. The quantitative estimate of drug-likeness (QED) is 0.425. The highest BCUT2D eigenvalue weighted by molar-refractivity contribution is 7.18. The largest absolute Gasteiger partial charge is 0.356 e.